The van der Waals surface area contributed by atoms with Crippen molar-refractivity contribution in [2.45, 2.75) is 500 Å². The van der Waals surface area contributed by atoms with Crippen molar-refractivity contribution in [3.63, 3.8) is 0 Å². The predicted octanol–water partition coefficient (Wildman–Crippen LogP) is 26.7. The first-order chi connectivity index (χ1) is 52.5. The number of hydrogen-bond donors (Lipinski definition) is 11. The van der Waals surface area contributed by atoms with Crippen LogP contribution in [0.15, 0.2) is 0 Å². The normalized spacial score (nSPS) is 9.36. The number of carboxylic acids is 11. The minimum atomic E-state index is -0.670. The fourth-order valence-corrected chi connectivity index (χ4v) is 9.68. The number of hydrogen-bond acceptors (Lipinski definition) is 11. The first-order valence-electron chi connectivity index (χ1n) is 43.9. The van der Waals surface area contributed by atoms with Crippen LogP contribution in [0.3, 0.4) is 0 Å². The van der Waals surface area contributed by atoms with Crippen molar-refractivity contribution < 1.29 is 184 Å². The molecule has 0 aromatic heterocycles. The zero-order valence-corrected chi connectivity index (χ0v) is 80.2. The monoisotopic (exact) mass is 1950 g/mol. The molecule has 0 amide bonds. The van der Waals surface area contributed by atoms with E-state index >= 15 is 0 Å². The van der Waals surface area contributed by atoms with E-state index in [-0.39, 0.29) is 75.2 Å². The van der Waals surface area contributed by atoms with Crippen LogP contribution < -0.4 is 0 Å². The molecule has 0 spiro atoms. The molecule has 0 aromatic rings. The maximum atomic E-state index is 10.0. The van der Waals surface area contributed by atoms with Crippen LogP contribution in [0.4, 0.5) is 0 Å². The van der Waals surface area contributed by atoms with Crippen LogP contribution in [0.2, 0.25) is 0 Å². The Morgan fingerprint density at radius 2 is 0.175 bits per heavy atom. The third-order valence-corrected chi connectivity index (χ3v) is 16.4. The fourth-order valence-electron chi connectivity index (χ4n) is 9.68. The van der Waals surface area contributed by atoms with Crippen LogP contribution in [0.1, 0.15) is 500 Å². The Hall–Kier alpha value is -3.45. The van der Waals surface area contributed by atoms with Gasteiger partial charge in [0.25, 0.3) is 0 Å². The third kappa shape index (κ3) is 232. The smallest absolute Gasteiger partial charge is 0.303 e. The molecule has 0 fully saturated rings. The van der Waals surface area contributed by atoms with E-state index in [0.717, 1.165) is 141 Å². The number of rotatable bonds is 66. The Morgan fingerprint density at radius 1 is 0.123 bits per heavy atom. The average molecular weight is 1950 g/mol. The van der Waals surface area contributed by atoms with Gasteiger partial charge in [0.1, 0.15) is 0 Å². The van der Waals surface area contributed by atoms with Crippen LogP contribution in [-0.4, -0.2) is 122 Å². The van der Waals surface area contributed by atoms with Crippen LogP contribution in [0.25, 0.3) is 0 Å². The van der Waals surface area contributed by atoms with Crippen molar-refractivity contribution in [3.05, 3.63) is 0 Å². The van der Waals surface area contributed by atoms with Crippen LogP contribution in [0.5, 0.6) is 0 Å². The third-order valence-electron chi connectivity index (χ3n) is 16.4. The van der Waals surface area contributed by atoms with Crippen molar-refractivity contribution in [2.24, 2.45) is 0 Å². The molecule has 0 aromatic carbocycles. The number of carbonyl (C=O) groups is 11. The zero-order chi connectivity index (χ0) is 86.0. The van der Waals surface area contributed by atoms with Gasteiger partial charge in [-0.1, -0.05) is 359 Å². The Kier molecular flexibility index (Phi) is 180. The first kappa shape index (κ1) is 145. The molecule has 0 rings (SSSR count). The van der Waals surface area contributed by atoms with E-state index in [1.165, 1.54) is 212 Å². The maximum Gasteiger partial charge on any atom is 0.303 e. The van der Waals surface area contributed by atoms with Gasteiger partial charge >= 0.3 is 65.7 Å². The van der Waals surface area contributed by atoms with Gasteiger partial charge < -0.3 is 56.2 Å². The summed E-state index contributed by atoms with van der Waals surface area (Å²) in [5.74, 6) is -7.37. The summed E-state index contributed by atoms with van der Waals surface area (Å²) in [6.45, 7) is 23.6. The Morgan fingerprint density at radius 3 is 0.219 bits per heavy atom. The van der Waals surface area contributed by atoms with Gasteiger partial charge in [-0.2, -0.15) is 0 Å². The van der Waals surface area contributed by atoms with E-state index in [9.17, 15) is 52.7 Å². The van der Waals surface area contributed by atoms with Crippen molar-refractivity contribution in [1.82, 2.24) is 0 Å². The molecule has 11 N–H and O–H groups in total. The minimum Gasteiger partial charge on any atom is -0.481 e. The summed E-state index contributed by atoms with van der Waals surface area (Å²) in [5.41, 5.74) is 0. The SMILES string of the molecule is CCCCCCCC(=O)O.CCCCCCCC(=O)O.CCCCCCCC(=O)O.CCCCCCCC(=O)O.CCCCCCCC(=O)O.CCCCCCCC(=O)O.CCCCCCCC(=O)O.CCCCCCCC(=O)O.CCCCCCCC(=O)O.CCCCCCCC(=O)O.CCCCCCCC(=O)O.[Co].[Ru].[Ru].[Ru]. The van der Waals surface area contributed by atoms with Gasteiger partial charge in [0.15, 0.2) is 0 Å². The van der Waals surface area contributed by atoms with E-state index in [2.05, 4.69) is 76.2 Å². The average Bonchev–Trinajstić information content (AvgIpc) is 1.72. The topological polar surface area (TPSA) is 410 Å². The van der Waals surface area contributed by atoms with E-state index < -0.39 is 65.7 Å². The molecule has 22 nitrogen and oxygen atoms in total. The van der Waals surface area contributed by atoms with Gasteiger partial charge in [0.2, 0.25) is 0 Å². The molecular weight excluding hydrogens is 1770 g/mol. The molecular formula is C88H176CoO22Ru3. The summed E-state index contributed by atoms with van der Waals surface area (Å²) in [7, 11) is 0. The second-order valence-corrected chi connectivity index (χ2v) is 28.1. The molecule has 0 heterocycles. The summed E-state index contributed by atoms with van der Waals surface area (Å²) in [5, 5.41) is 91.0. The van der Waals surface area contributed by atoms with Gasteiger partial charge in [-0.05, 0) is 70.6 Å². The zero-order valence-electron chi connectivity index (χ0n) is 74.0. The van der Waals surface area contributed by atoms with Gasteiger partial charge in [-0.25, -0.2) is 0 Å². The van der Waals surface area contributed by atoms with Gasteiger partial charge in [0, 0.05) is 146 Å². The molecule has 0 saturated heterocycles. The molecule has 0 atom stereocenters. The number of aliphatic carboxylic acids is 11. The number of carboxylic acid groups (broad SMARTS) is 11. The van der Waals surface area contributed by atoms with Gasteiger partial charge in [-0.3, -0.25) is 52.7 Å². The largest absolute Gasteiger partial charge is 0.481 e. The second-order valence-electron chi connectivity index (χ2n) is 28.1. The van der Waals surface area contributed by atoms with E-state index in [1.54, 1.807) is 0 Å². The maximum absolute atomic E-state index is 10.0. The molecule has 26 heteroatoms. The molecule has 0 saturated carbocycles. The molecule has 693 valence electrons. The quantitative estimate of drug-likeness (QED) is 0.0199. The van der Waals surface area contributed by atoms with E-state index in [4.69, 9.17) is 56.2 Å². The van der Waals surface area contributed by atoms with Crippen LogP contribution in [-0.2, 0) is 128 Å². The summed E-state index contributed by atoms with van der Waals surface area (Å²) in [4.78, 5) is 110. The van der Waals surface area contributed by atoms with E-state index in [0.29, 0.717) is 70.6 Å². The molecule has 0 bridgehead atoms. The van der Waals surface area contributed by atoms with Crippen LogP contribution in [0, 0.1) is 0 Å². The molecule has 0 aliphatic rings. The van der Waals surface area contributed by atoms with Crippen molar-refractivity contribution in [1.29, 1.82) is 0 Å². The minimum absolute atomic E-state index is 0. The fraction of sp³-hybridized carbons (Fsp3) is 0.875. The summed E-state index contributed by atoms with van der Waals surface area (Å²) < 4.78 is 0. The van der Waals surface area contributed by atoms with Crippen molar-refractivity contribution >= 4 is 65.7 Å². The molecule has 114 heavy (non-hydrogen) atoms. The first-order valence-corrected chi connectivity index (χ1v) is 43.9. The Bertz CT molecular complexity index is 1470. The van der Waals surface area contributed by atoms with Gasteiger partial charge in [-0.15, -0.1) is 0 Å². The van der Waals surface area contributed by atoms with E-state index in [1.807, 2.05) is 0 Å². The molecule has 0 aliphatic carbocycles. The summed E-state index contributed by atoms with van der Waals surface area (Å²) in [6, 6.07) is 0. The van der Waals surface area contributed by atoms with Crippen LogP contribution >= 0.6 is 0 Å². The number of unbranched alkanes of at least 4 members (excludes halogenated alkanes) is 44. The second kappa shape index (κ2) is 141. The van der Waals surface area contributed by atoms with Crippen molar-refractivity contribution in [2.75, 3.05) is 0 Å². The summed E-state index contributed by atoms with van der Waals surface area (Å²) in [6.07, 6.45) is 64.7. The van der Waals surface area contributed by atoms with Crippen molar-refractivity contribution in [3.8, 4) is 0 Å². The molecule has 0 aliphatic heterocycles. The standard InChI is InChI=1S/11C8H16O2.Co.3Ru/c11*1-2-3-4-5-6-7-8(9)10;;;;/h11*2-7H2,1H3,(H,9,10);;;;. The Labute approximate surface area is 744 Å². The molecule has 0 unspecified atom stereocenters. The predicted molar refractivity (Wildman–Crippen MR) is 451 cm³/mol. The molecule has 1 radical (unpaired) electrons. The Balaban J connectivity index is -0.0000000725. The van der Waals surface area contributed by atoms with Gasteiger partial charge in [0.05, 0.1) is 0 Å². The summed E-state index contributed by atoms with van der Waals surface area (Å²) >= 11 is 0.